The maximum absolute atomic E-state index is 6.67. The first kappa shape index (κ1) is 21.7. The lowest BCUT2D eigenvalue weighted by molar-refractivity contribution is -0.294. The largest absolute Gasteiger partial charge is 0.392 e. The van der Waals surface area contributed by atoms with Crippen LogP contribution in [0.5, 0.6) is 0 Å². The van der Waals surface area contributed by atoms with Gasteiger partial charge in [-0.05, 0) is 97.2 Å². The minimum Gasteiger partial charge on any atom is -0.392 e. The fraction of sp³-hybridized carbons (Fsp3) is 0.966. The Morgan fingerprint density at radius 2 is 1.70 bits per heavy atom. The number of rotatable bonds is 3. The molecule has 10 atom stereocenters. The second-order valence-electron chi connectivity index (χ2n) is 14.0. The van der Waals surface area contributed by atoms with E-state index in [0.29, 0.717) is 28.1 Å². The van der Waals surface area contributed by atoms with Crippen molar-refractivity contribution in [3.63, 3.8) is 0 Å². The van der Waals surface area contributed by atoms with E-state index in [1.54, 1.807) is 0 Å². The lowest BCUT2D eigenvalue weighted by Gasteiger charge is -2.63. The van der Waals surface area contributed by atoms with Crippen molar-refractivity contribution < 1.29 is 14.3 Å². The first-order valence-electron chi connectivity index (χ1n) is 14.3. The highest BCUT2D eigenvalue weighted by Gasteiger charge is 2.83. The number of hydrogen-bond donors (Lipinski definition) is 0. The fourth-order valence-electron chi connectivity index (χ4n) is 11.4. The van der Waals surface area contributed by atoms with E-state index in [0.717, 1.165) is 49.2 Å². The van der Waals surface area contributed by atoms with Crippen molar-refractivity contribution in [1.29, 1.82) is 0 Å². The van der Waals surface area contributed by atoms with Crippen molar-refractivity contribution in [2.75, 3.05) is 13.2 Å². The van der Waals surface area contributed by atoms with Gasteiger partial charge in [-0.25, -0.2) is 0 Å². The van der Waals surface area contributed by atoms with Crippen molar-refractivity contribution in [3.05, 3.63) is 0 Å². The summed E-state index contributed by atoms with van der Waals surface area (Å²) in [7, 11) is 0. The Labute approximate surface area is 200 Å². The van der Waals surface area contributed by atoms with Gasteiger partial charge in [0.15, 0.2) is 5.79 Å². The van der Waals surface area contributed by atoms with Gasteiger partial charge in [-0.2, -0.15) is 0 Å². The molecule has 0 N–H and O–H groups in total. The van der Waals surface area contributed by atoms with E-state index in [-0.39, 0.29) is 11.9 Å². The van der Waals surface area contributed by atoms with Crippen LogP contribution in [0, 0.1) is 57.7 Å². The third-order valence-electron chi connectivity index (χ3n) is 13.0. The molecule has 2 spiro atoms. The quantitative estimate of drug-likeness (QED) is 0.492. The van der Waals surface area contributed by atoms with Crippen molar-refractivity contribution in [2.24, 2.45) is 62.8 Å². The molecule has 4 nitrogen and oxygen atoms in total. The van der Waals surface area contributed by atoms with Gasteiger partial charge in [-0.3, -0.25) is 0 Å². The Kier molecular flexibility index (Phi) is 4.45. The molecule has 2 heterocycles. The van der Waals surface area contributed by atoms with Crippen LogP contribution in [-0.4, -0.2) is 30.8 Å². The lowest BCUT2D eigenvalue weighted by atomic mass is 9.44. The lowest BCUT2D eigenvalue weighted by Crippen LogP contribution is -2.62. The standard InChI is InChI=1S/C29H45NO3/c1-17(2)24-14-25(33-30-24)18(3)21-6-7-22-20-16-29(31-12-13-32-29)28-15-19(28)8-11-27(28,5)23(20)9-10-26(21,22)4/h17-23,25H,6-16H2,1-5H3/t18-,19+,20-,21?,22-,23-,25-,26+,27+,28+/m0/s1. The van der Waals surface area contributed by atoms with E-state index in [4.69, 9.17) is 14.3 Å². The van der Waals surface area contributed by atoms with Crippen LogP contribution in [0.2, 0.25) is 0 Å². The van der Waals surface area contributed by atoms with Crippen LogP contribution in [-0.2, 0) is 14.3 Å². The third-order valence-corrected chi connectivity index (χ3v) is 13.0. The molecule has 2 aliphatic heterocycles. The zero-order chi connectivity index (χ0) is 22.8. The molecule has 5 aliphatic carbocycles. The van der Waals surface area contributed by atoms with Gasteiger partial charge >= 0.3 is 0 Å². The molecule has 0 amide bonds. The Balaban J connectivity index is 1.18. The Hall–Kier alpha value is -0.610. The average Bonchev–Trinajstić information content (AvgIpc) is 3.24. The topological polar surface area (TPSA) is 40.0 Å². The van der Waals surface area contributed by atoms with Crippen molar-refractivity contribution in [3.8, 4) is 0 Å². The van der Waals surface area contributed by atoms with Crippen LogP contribution < -0.4 is 0 Å². The molecule has 1 unspecified atom stereocenters. The second kappa shape index (κ2) is 6.78. The predicted molar refractivity (Wildman–Crippen MR) is 129 cm³/mol. The highest BCUT2D eigenvalue weighted by atomic mass is 16.7. The molecule has 5 saturated carbocycles. The van der Waals surface area contributed by atoms with Crippen molar-refractivity contribution in [1.82, 2.24) is 0 Å². The van der Waals surface area contributed by atoms with Gasteiger partial charge in [0.1, 0.15) is 6.10 Å². The highest BCUT2D eigenvalue weighted by Crippen LogP contribution is 2.85. The number of fused-ring (bicyclic) bond motifs is 4. The summed E-state index contributed by atoms with van der Waals surface area (Å²) >= 11 is 0. The monoisotopic (exact) mass is 455 g/mol. The summed E-state index contributed by atoms with van der Waals surface area (Å²) in [6.45, 7) is 13.9. The number of hydrogen-bond acceptors (Lipinski definition) is 4. The van der Waals surface area contributed by atoms with Crippen LogP contribution in [0.1, 0.15) is 92.4 Å². The average molecular weight is 456 g/mol. The zero-order valence-electron chi connectivity index (χ0n) is 21.6. The number of nitrogens with zero attached hydrogens (tertiary/aromatic N) is 1. The third kappa shape index (κ3) is 2.49. The van der Waals surface area contributed by atoms with E-state index in [2.05, 4.69) is 39.8 Å². The molecule has 33 heavy (non-hydrogen) atoms. The molecule has 0 radical (unpaired) electrons. The van der Waals surface area contributed by atoms with Crippen LogP contribution >= 0.6 is 0 Å². The van der Waals surface area contributed by atoms with E-state index < -0.39 is 0 Å². The van der Waals surface area contributed by atoms with E-state index in [1.165, 1.54) is 57.1 Å². The molecule has 1 saturated heterocycles. The maximum Gasteiger partial charge on any atom is 0.175 e. The van der Waals surface area contributed by atoms with Gasteiger partial charge in [0, 0.05) is 18.3 Å². The summed E-state index contributed by atoms with van der Waals surface area (Å²) in [5, 5.41) is 4.49. The summed E-state index contributed by atoms with van der Waals surface area (Å²) in [4.78, 5) is 6.05. The second-order valence-corrected chi connectivity index (χ2v) is 14.0. The number of ether oxygens (including phenoxy) is 2. The molecular formula is C29H45NO3. The maximum atomic E-state index is 6.67. The molecule has 6 fully saturated rings. The normalized spacial score (nSPS) is 54.4. The van der Waals surface area contributed by atoms with Gasteiger partial charge in [0.2, 0.25) is 0 Å². The summed E-state index contributed by atoms with van der Waals surface area (Å²) in [6, 6.07) is 0. The van der Waals surface area contributed by atoms with Crippen LogP contribution in [0.3, 0.4) is 0 Å². The molecular weight excluding hydrogens is 410 g/mol. The molecule has 184 valence electrons. The Morgan fingerprint density at radius 1 is 0.909 bits per heavy atom. The smallest absolute Gasteiger partial charge is 0.175 e. The van der Waals surface area contributed by atoms with Crippen LogP contribution in [0.25, 0.3) is 0 Å². The first-order chi connectivity index (χ1) is 15.8. The zero-order valence-corrected chi connectivity index (χ0v) is 21.6. The molecule has 4 heteroatoms. The Morgan fingerprint density at radius 3 is 2.39 bits per heavy atom. The summed E-state index contributed by atoms with van der Waals surface area (Å²) in [6.07, 6.45) is 12.2. The minimum absolute atomic E-state index is 0.263. The van der Waals surface area contributed by atoms with E-state index in [9.17, 15) is 0 Å². The first-order valence-corrected chi connectivity index (χ1v) is 14.3. The predicted octanol–water partition coefficient (Wildman–Crippen LogP) is 6.44. The van der Waals surface area contributed by atoms with Crippen LogP contribution in [0.4, 0.5) is 0 Å². The fourth-order valence-corrected chi connectivity index (χ4v) is 11.4. The molecule has 7 rings (SSSR count). The molecule has 0 bridgehead atoms. The van der Waals surface area contributed by atoms with E-state index in [1.807, 2.05) is 0 Å². The molecule has 0 aromatic rings. The molecule has 0 aromatic heterocycles. The van der Waals surface area contributed by atoms with Crippen molar-refractivity contribution in [2.45, 2.75) is 104 Å². The summed E-state index contributed by atoms with van der Waals surface area (Å²) in [5.74, 6) is 4.87. The van der Waals surface area contributed by atoms with Gasteiger partial charge in [0.25, 0.3) is 0 Å². The summed E-state index contributed by atoms with van der Waals surface area (Å²) in [5.41, 5.74) is 2.44. The van der Waals surface area contributed by atoms with Crippen LogP contribution in [0.15, 0.2) is 5.16 Å². The Bertz CT molecular complexity index is 863. The number of oxime groups is 1. The molecule has 7 aliphatic rings. The molecule has 0 aromatic carbocycles. The minimum atomic E-state index is -0.263. The van der Waals surface area contributed by atoms with Crippen molar-refractivity contribution >= 4 is 5.71 Å². The van der Waals surface area contributed by atoms with E-state index >= 15 is 0 Å². The van der Waals surface area contributed by atoms with Gasteiger partial charge < -0.3 is 14.3 Å². The highest BCUT2D eigenvalue weighted by molar-refractivity contribution is 5.87. The SMILES string of the molecule is CC(C)C1=NO[C@H]([C@@H](C)C2CC[C@H]3[C@@H]4CC5(OCCO5)[C@]56C[C@H]5CC[C@]6(C)[C@H]4CC[C@]23C)C1. The van der Waals surface area contributed by atoms with Gasteiger partial charge in [-0.15, -0.1) is 0 Å². The van der Waals surface area contributed by atoms with Gasteiger partial charge in [-0.1, -0.05) is 39.8 Å². The summed E-state index contributed by atoms with van der Waals surface area (Å²) < 4.78 is 13.3. The van der Waals surface area contributed by atoms with Gasteiger partial charge in [0.05, 0.1) is 18.9 Å².